The van der Waals surface area contributed by atoms with Crippen LogP contribution in [0.4, 0.5) is 0 Å². The van der Waals surface area contributed by atoms with Crippen LogP contribution in [-0.4, -0.2) is 53.5 Å². The van der Waals surface area contributed by atoms with Crippen LogP contribution in [0, 0.1) is 13.8 Å². The summed E-state index contributed by atoms with van der Waals surface area (Å²) in [5.41, 5.74) is 1.35. The Morgan fingerprint density at radius 3 is 1.29 bits per heavy atom. The third kappa shape index (κ3) is 8.48. The molecule has 0 saturated heterocycles. The average molecular weight is 521 g/mol. The zero-order valence-corrected chi connectivity index (χ0v) is 21.3. The van der Waals surface area contributed by atoms with E-state index in [0.29, 0.717) is 0 Å². The molecule has 0 spiro atoms. The van der Waals surface area contributed by atoms with Crippen LogP contribution in [0.5, 0.6) is 0 Å². The van der Waals surface area contributed by atoms with Gasteiger partial charge in [-0.05, 0) is 38.1 Å². The van der Waals surface area contributed by atoms with Crippen molar-refractivity contribution in [3.8, 4) is 0 Å². The van der Waals surface area contributed by atoms with Gasteiger partial charge in [0.1, 0.15) is 0 Å². The van der Waals surface area contributed by atoms with Crippen molar-refractivity contribution in [2.45, 2.75) is 30.1 Å². The van der Waals surface area contributed by atoms with Gasteiger partial charge in [0.15, 0.2) is 19.7 Å². The highest BCUT2D eigenvalue weighted by atomic mass is 32.2. The first-order valence-electron chi connectivity index (χ1n) is 10.6. The molecule has 0 heterocycles. The van der Waals surface area contributed by atoms with Crippen molar-refractivity contribution < 1.29 is 35.9 Å². The summed E-state index contributed by atoms with van der Waals surface area (Å²) in [7, 11) is -7.49. The highest BCUT2D eigenvalue weighted by molar-refractivity contribution is 7.92. The molecule has 0 bridgehead atoms. The molecule has 8 nitrogen and oxygen atoms in total. The molecule has 2 rings (SSSR count). The maximum absolute atomic E-state index is 12.4. The lowest BCUT2D eigenvalue weighted by Crippen LogP contribution is -2.19. The minimum Gasteiger partial charge on any atom is -0.462 e. The molecule has 0 fully saturated rings. The first-order valence-corrected chi connectivity index (χ1v) is 13.9. The molecule has 0 atom stereocenters. The number of ether oxygens (including phenoxy) is 2. The van der Waals surface area contributed by atoms with Gasteiger partial charge in [-0.15, -0.1) is 0 Å². The van der Waals surface area contributed by atoms with Gasteiger partial charge in [-0.3, -0.25) is 0 Å². The minimum absolute atomic E-state index is 0.0774. The van der Waals surface area contributed by atoms with Crippen molar-refractivity contribution in [3.63, 3.8) is 0 Å². The van der Waals surface area contributed by atoms with Crippen LogP contribution in [-0.2, 0) is 38.7 Å². The molecule has 0 aliphatic carbocycles. The SMILES string of the molecule is C=C(CS(=O)(=O)c1ccc(C)cc1)C(=O)OCCCOC(=O)C(=C)CS(=O)(=O)c1ccc(C)cc1. The van der Waals surface area contributed by atoms with Gasteiger partial charge in [-0.1, -0.05) is 48.6 Å². The molecular weight excluding hydrogens is 492 g/mol. The van der Waals surface area contributed by atoms with Gasteiger partial charge in [-0.25, -0.2) is 26.4 Å². The van der Waals surface area contributed by atoms with Gasteiger partial charge in [0, 0.05) is 17.6 Å². The van der Waals surface area contributed by atoms with Gasteiger partial charge in [0.2, 0.25) is 0 Å². The number of rotatable bonds is 12. The van der Waals surface area contributed by atoms with E-state index in [-0.39, 0.29) is 40.6 Å². The van der Waals surface area contributed by atoms with Gasteiger partial charge < -0.3 is 9.47 Å². The number of hydrogen-bond donors (Lipinski definition) is 0. The summed E-state index contributed by atoms with van der Waals surface area (Å²) in [6.07, 6.45) is 0.119. The van der Waals surface area contributed by atoms with Crippen molar-refractivity contribution >= 4 is 31.6 Å². The van der Waals surface area contributed by atoms with Gasteiger partial charge in [-0.2, -0.15) is 0 Å². The van der Waals surface area contributed by atoms with Crippen LogP contribution in [0.3, 0.4) is 0 Å². The summed E-state index contributed by atoms with van der Waals surface area (Å²) in [6.45, 7) is 10.3. The highest BCUT2D eigenvalue weighted by Gasteiger charge is 2.22. The lowest BCUT2D eigenvalue weighted by molar-refractivity contribution is -0.141. The highest BCUT2D eigenvalue weighted by Crippen LogP contribution is 2.16. The summed E-state index contributed by atoms with van der Waals surface area (Å²) in [5, 5.41) is 0. The van der Waals surface area contributed by atoms with E-state index in [0.717, 1.165) is 11.1 Å². The lowest BCUT2D eigenvalue weighted by atomic mass is 10.2. The summed E-state index contributed by atoms with van der Waals surface area (Å²) in [5.74, 6) is -2.92. The van der Waals surface area contributed by atoms with E-state index in [9.17, 15) is 26.4 Å². The van der Waals surface area contributed by atoms with Crippen LogP contribution in [0.1, 0.15) is 17.5 Å². The van der Waals surface area contributed by atoms with Crippen LogP contribution >= 0.6 is 0 Å². The van der Waals surface area contributed by atoms with E-state index in [4.69, 9.17) is 9.47 Å². The third-order valence-corrected chi connectivity index (χ3v) is 8.26. The van der Waals surface area contributed by atoms with E-state index in [1.165, 1.54) is 24.3 Å². The molecule has 188 valence electrons. The molecule has 0 amide bonds. The lowest BCUT2D eigenvalue weighted by Gasteiger charge is -2.10. The minimum atomic E-state index is -3.74. The van der Waals surface area contributed by atoms with E-state index in [1.54, 1.807) is 24.3 Å². The van der Waals surface area contributed by atoms with Crippen LogP contribution in [0.15, 0.2) is 82.6 Å². The second-order valence-corrected chi connectivity index (χ2v) is 12.0. The summed E-state index contributed by atoms with van der Waals surface area (Å²) in [4.78, 5) is 24.3. The molecule has 0 aliphatic heterocycles. The molecule has 2 aromatic rings. The topological polar surface area (TPSA) is 121 Å². The van der Waals surface area contributed by atoms with Crippen LogP contribution < -0.4 is 0 Å². The molecule has 0 aliphatic rings. The molecule has 0 saturated carbocycles. The largest absolute Gasteiger partial charge is 0.462 e. The van der Waals surface area contributed by atoms with Crippen molar-refractivity contribution in [2.75, 3.05) is 24.7 Å². The maximum Gasteiger partial charge on any atom is 0.334 e. The Morgan fingerprint density at radius 2 is 0.971 bits per heavy atom. The van der Waals surface area contributed by atoms with Crippen LogP contribution in [0.2, 0.25) is 0 Å². The molecule has 0 radical (unpaired) electrons. The molecule has 35 heavy (non-hydrogen) atoms. The van der Waals surface area contributed by atoms with Crippen molar-refractivity contribution in [2.24, 2.45) is 0 Å². The first-order chi connectivity index (χ1) is 16.3. The second kappa shape index (κ2) is 11.9. The van der Waals surface area contributed by atoms with Crippen molar-refractivity contribution in [1.29, 1.82) is 0 Å². The van der Waals surface area contributed by atoms with E-state index >= 15 is 0 Å². The van der Waals surface area contributed by atoms with Gasteiger partial charge >= 0.3 is 11.9 Å². The molecule has 2 aromatic carbocycles. The average Bonchev–Trinajstić information content (AvgIpc) is 2.78. The Morgan fingerprint density at radius 1 is 0.657 bits per heavy atom. The Kier molecular flexibility index (Phi) is 9.55. The monoisotopic (exact) mass is 520 g/mol. The number of esters is 2. The fourth-order valence-corrected chi connectivity index (χ4v) is 5.42. The molecular formula is C25H28O8S2. The van der Waals surface area contributed by atoms with E-state index in [1.807, 2.05) is 13.8 Å². The summed E-state index contributed by atoms with van der Waals surface area (Å²) in [6, 6.07) is 12.4. The molecule has 0 unspecified atom stereocenters. The standard InChI is InChI=1S/C25H28O8S2/c1-18-6-10-22(11-7-18)34(28,29)16-20(3)24(26)32-14-5-15-33-25(27)21(4)17-35(30,31)23-12-8-19(2)9-13-23/h6-13H,3-5,14-17H2,1-2H3. The fourth-order valence-electron chi connectivity index (χ4n) is 2.83. The number of aryl methyl sites for hydroxylation is 2. The number of benzene rings is 2. The maximum atomic E-state index is 12.4. The fraction of sp³-hybridized carbons (Fsp3) is 0.280. The molecule has 0 aromatic heterocycles. The van der Waals surface area contributed by atoms with Gasteiger partial charge in [0.25, 0.3) is 0 Å². The van der Waals surface area contributed by atoms with Gasteiger partial charge in [0.05, 0.1) is 34.5 Å². The predicted molar refractivity (Wildman–Crippen MR) is 131 cm³/mol. The Balaban J connectivity index is 1.74. The molecule has 0 N–H and O–H groups in total. The second-order valence-electron chi connectivity index (χ2n) is 7.98. The van der Waals surface area contributed by atoms with Crippen molar-refractivity contribution in [1.82, 2.24) is 0 Å². The zero-order chi connectivity index (χ0) is 26.2. The normalized spacial score (nSPS) is 11.5. The first kappa shape index (κ1) is 28.0. The Labute approximate surface area is 206 Å². The Bertz CT molecular complexity index is 1200. The Hall–Kier alpha value is -3.24. The van der Waals surface area contributed by atoms with E-state index < -0.39 is 43.1 Å². The number of carbonyl (C=O) groups is 2. The summed E-state index contributed by atoms with van der Waals surface area (Å²) < 4.78 is 59.6. The van der Waals surface area contributed by atoms with Crippen LogP contribution in [0.25, 0.3) is 0 Å². The van der Waals surface area contributed by atoms with E-state index in [2.05, 4.69) is 13.2 Å². The predicted octanol–water partition coefficient (Wildman–Crippen LogP) is 3.14. The number of carbonyl (C=O) groups excluding carboxylic acids is 2. The smallest absolute Gasteiger partial charge is 0.334 e. The quantitative estimate of drug-likeness (QED) is 0.238. The number of hydrogen-bond acceptors (Lipinski definition) is 8. The summed E-state index contributed by atoms with van der Waals surface area (Å²) >= 11 is 0. The number of sulfone groups is 2. The molecule has 10 heteroatoms. The third-order valence-electron chi connectivity index (χ3n) is 4.82. The van der Waals surface area contributed by atoms with Crippen molar-refractivity contribution in [3.05, 3.63) is 84.0 Å². The zero-order valence-electron chi connectivity index (χ0n) is 19.7.